The smallest absolute Gasteiger partial charge is 0.328 e. The molecule has 0 aromatic heterocycles. The van der Waals surface area contributed by atoms with Gasteiger partial charge in [0.2, 0.25) is 47.3 Å². The van der Waals surface area contributed by atoms with Crippen LogP contribution in [-0.4, -0.2) is 129 Å². The summed E-state index contributed by atoms with van der Waals surface area (Å²) >= 11 is 0. The van der Waals surface area contributed by atoms with Crippen LogP contribution in [-0.2, 0) is 49.6 Å². The molecule has 0 aliphatic carbocycles. The molecule has 21 nitrogen and oxygen atoms in total. The second kappa shape index (κ2) is 21.9. The summed E-state index contributed by atoms with van der Waals surface area (Å²) < 4.78 is 0. The number of carboxylic acid groups (broad SMARTS) is 1. The second-order valence-corrected chi connectivity index (χ2v) is 14.0. The number of benzene rings is 1. The number of aromatic hydroxyl groups is 1. The van der Waals surface area contributed by atoms with Crippen molar-refractivity contribution in [2.45, 2.75) is 108 Å². The molecule has 1 saturated heterocycles. The number of likely N-dealkylation sites (tertiary alicyclic amines) is 1. The number of aliphatic hydroxyl groups excluding tert-OH is 1. The normalized spacial score (nSPS) is 17.0. The number of nitrogens with one attached hydrogen (secondary N) is 5. The van der Waals surface area contributed by atoms with E-state index in [9.17, 15) is 58.5 Å². The van der Waals surface area contributed by atoms with E-state index in [4.69, 9.17) is 17.2 Å². The van der Waals surface area contributed by atoms with E-state index in [1.807, 2.05) is 0 Å². The number of phenols is 1. The molecule has 0 spiro atoms. The number of carbonyl (C=O) groups excluding carboxylic acids is 8. The minimum absolute atomic E-state index is 0.00685. The molecular formula is C35H53N9O12. The fraction of sp³-hybridized carbons (Fsp3) is 0.571. The molecule has 7 atom stereocenters. The van der Waals surface area contributed by atoms with E-state index in [0.29, 0.717) is 12.0 Å². The van der Waals surface area contributed by atoms with Gasteiger partial charge in [0.05, 0.1) is 19.1 Å². The van der Waals surface area contributed by atoms with Crippen LogP contribution in [0.4, 0.5) is 0 Å². The molecule has 14 N–H and O–H groups in total. The minimum atomic E-state index is -1.64. The zero-order chi connectivity index (χ0) is 42.3. The number of primary amides is 2. The van der Waals surface area contributed by atoms with Crippen molar-refractivity contribution in [2.75, 3.05) is 13.2 Å². The molecule has 0 unspecified atom stereocenters. The molecule has 1 heterocycles. The van der Waals surface area contributed by atoms with Crippen LogP contribution in [0.1, 0.15) is 64.9 Å². The van der Waals surface area contributed by atoms with Gasteiger partial charge in [-0.2, -0.15) is 0 Å². The molecule has 0 bridgehead atoms. The summed E-state index contributed by atoms with van der Waals surface area (Å²) in [4.78, 5) is 116. The number of aliphatic carboxylic acids is 1. The van der Waals surface area contributed by atoms with Crippen LogP contribution < -0.4 is 43.8 Å². The number of carboxylic acids is 1. The van der Waals surface area contributed by atoms with Crippen molar-refractivity contribution in [3.05, 3.63) is 29.8 Å². The molecule has 0 radical (unpaired) electrons. The Kier molecular flexibility index (Phi) is 18.1. The fourth-order valence-corrected chi connectivity index (χ4v) is 5.81. The largest absolute Gasteiger partial charge is 0.508 e. The summed E-state index contributed by atoms with van der Waals surface area (Å²) in [5.74, 6) is -8.73. The first kappa shape index (κ1) is 46.3. The van der Waals surface area contributed by atoms with Crippen LogP contribution >= 0.6 is 0 Å². The Bertz CT molecular complexity index is 1600. The maximum absolute atomic E-state index is 14.0. The first-order valence-electron chi connectivity index (χ1n) is 18.0. The molecule has 1 aromatic carbocycles. The van der Waals surface area contributed by atoms with Gasteiger partial charge in [-0.3, -0.25) is 38.4 Å². The van der Waals surface area contributed by atoms with Crippen LogP contribution in [0.2, 0.25) is 0 Å². The molecule has 1 aliphatic heterocycles. The Balaban J connectivity index is 2.40. The number of carbonyl (C=O) groups is 9. The van der Waals surface area contributed by atoms with Crippen molar-refractivity contribution in [1.29, 1.82) is 0 Å². The minimum Gasteiger partial charge on any atom is -0.508 e. The Morgan fingerprint density at radius 1 is 0.768 bits per heavy atom. The summed E-state index contributed by atoms with van der Waals surface area (Å²) in [6.45, 7) is 3.95. The first-order chi connectivity index (χ1) is 26.2. The lowest BCUT2D eigenvalue weighted by atomic mass is 10.00. The molecular weight excluding hydrogens is 738 g/mol. The van der Waals surface area contributed by atoms with Crippen molar-refractivity contribution >= 4 is 53.2 Å². The first-order valence-corrected chi connectivity index (χ1v) is 18.0. The third kappa shape index (κ3) is 14.8. The summed E-state index contributed by atoms with van der Waals surface area (Å²) in [7, 11) is 0. The zero-order valence-electron chi connectivity index (χ0n) is 31.5. The van der Waals surface area contributed by atoms with Gasteiger partial charge < -0.3 is 64.0 Å². The Hall–Kier alpha value is -5.83. The predicted octanol–water partition coefficient (Wildman–Crippen LogP) is -4.04. The predicted molar refractivity (Wildman–Crippen MR) is 196 cm³/mol. The van der Waals surface area contributed by atoms with Gasteiger partial charge >= 0.3 is 5.97 Å². The molecule has 56 heavy (non-hydrogen) atoms. The molecule has 1 fully saturated rings. The molecule has 1 aromatic rings. The molecule has 1 aliphatic rings. The van der Waals surface area contributed by atoms with Gasteiger partial charge in [-0.1, -0.05) is 26.0 Å². The lowest BCUT2D eigenvalue weighted by molar-refractivity contribution is -0.146. The van der Waals surface area contributed by atoms with E-state index < -0.39 is 109 Å². The summed E-state index contributed by atoms with van der Waals surface area (Å²) in [6, 6.07) is -3.93. The van der Waals surface area contributed by atoms with Crippen LogP contribution in [0.15, 0.2) is 24.3 Å². The Morgan fingerprint density at radius 3 is 1.86 bits per heavy atom. The fourth-order valence-electron chi connectivity index (χ4n) is 5.81. The SMILES string of the molecule is CC(C)C[C@H](NC(=O)[C@H](Cc1ccc(O)cc1)NC(=O)[C@H](CCC(N)=O)NC(=O)[C@H](C)N)C(=O)N[C@@H](CC(N)=O)C(=O)N1CCC[C@H]1C(=O)N[C@@H](CO)C(=O)O. The lowest BCUT2D eigenvalue weighted by Gasteiger charge is -2.30. The van der Waals surface area contributed by atoms with Gasteiger partial charge in [-0.15, -0.1) is 0 Å². The number of hydrogen-bond acceptors (Lipinski definition) is 12. The lowest BCUT2D eigenvalue weighted by Crippen LogP contribution is -2.60. The highest BCUT2D eigenvalue weighted by Crippen LogP contribution is 2.20. The monoisotopic (exact) mass is 791 g/mol. The highest BCUT2D eigenvalue weighted by atomic mass is 16.4. The molecule has 8 amide bonds. The molecule has 21 heteroatoms. The summed E-state index contributed by atoms with van der Waals surface area (Å²) in [5.41, 5.74) is 16.8. The molecule has 0 saturated carbocycles. The maximum Gasteiger partial charge on any atom is 0.328 e. The number of nitrogens with zero attached hydrogens (tertiary/aromatic N) is 1. The highest BCUT2D eigenvalue weighted by molar-refractivity contribution is 5.98. The van der Waals surface area contributed by atoms with E-state index in [-0.39, 0.29) is 50.3 Å². The van der Waals surface area contributed by atoms with Crippen LogP contribution in [0, 0.1) is 5.92 Å². The number of phenolic OH excluding ortho intramolecular Hbond substituents is 1. The summed E-state index contributed by atoms with van der Waals surface area (Å²) in [5, 5.41) is 40.5. The zero-order valence-corrected chi connectivity index (χ0v) is 31.5. The molecule has 2 rings (SSSR count). The van der Waals surface area contributed by atoms with Crippen LogP contribution in [0.3, 0.4) is 0 Å². The second-order valence-electron chi connectivity index (χ2n) is 14.0. The quantitative estimate of drug-likeness (QED) is 0.0534. The van der Waals surface area contributed by atoms with E-state index in [2.05, 4.69) is 26.6 Å². The number of rotatable bonds is 22. The van der Waals surface area contributed by atoms with Gasteiger partial charge in [0, 0.05) is 19.4 Å². The standard InChI is InChI=1S/C35H53N9O12/c1-17(2)13-22(31(51)42-24(15-28(38)48)34(54)44-12-4-5-26(44)33(53)43-25(16-45)35(55)56)40-32(52)23(14-19-6-8-20(46)9-7-19)41-30(50)21(10-11-27(37)47)39-29(49)18(3)36/h6-9,17-18,21-26,45-46H,4-5,10-16,36H2,1-3H3,(H2,37,47)(H2,38,48)(H,39,49)(H,40,52)(H,41,50)(H,42,51)(H,43,53)(H,55,56)/t18-,21-,22-,23-,24-,25-,26-/m0/s1. The number of aliphatic hydroxyl groups is 1. The highest BCUT2D eigenvalue weighted by Gasteiger charge is 2.40. The van der Waals surface area contributed by atoms with Crippen LogP contribution in [0.25, 0.3) is 0 Å². The van der Waals surface area contributed by atoms with Crippen molar-refractivity contribution < 1.29 is 58.5 Å². The average molecular weight is 792 g/mol. The van der Waals surface area contributed by atoms with Gasteiger partial charge in [-0.25, -0.2) is 4.79 Å². The van der Waals surface area contributed by atoms with Gasteiger partial charge in [0.25, 0.3) is 0 Å². The number of amides is 8. The van der Waals surface area contributed by atoms with Crippen molar-refractivity contribution in [3.63, 3.8) is 0 Å². The molecule has 310 valence electrons. The topological polar surface area (TPSA) is 356 Å². The number of hydrogen-bond donors (Lipinski definition) is 11. The van der Waals surface area contributed by atoms with E-state index in [0.717, 1.165) is 4.90 Å². The van der Waals surface area contributed by atoms with Crippen LogP contribution in [0.5, 0.6) is 5.75 Å². The average Bonchev–Trinajstić information content (AvgIpc) is 3.61. The van der Waals surface area contributed by atoms with E-state index >= 15 is 0 Å². The Morgan fingerprint density at radius 2 is 1.32 bits per heavy atom. The third-order valence-electron chi connectivity index (χ3n) is 8.73. The maximum atomic E-state index is 14.0. The van der Waals surface area contributed by atoms with Gasteiger partial charge in [0.1, 0.15) is 42.0 Å². The van der Waals surface area contributed by atoms with Gasteiger partial charge in [-0.05, 0) is 56.2 Å². The van der Waals surface area contributed by atoms with Gasteiger partial charge in [0.15, 0.2) is 0 Å². The number of nitrogens with two attached hydrogens (primary N) is 3. The van der Waals surface area contributed by atoms with Crippen molar-refractivity contribution in [3.8, 4) is 5.75 Å². The van der Waals surface area contributed by atoms with Crippen molar-refractivity contribution in [1.82, 2.24) is 31.5 Å². The van der Waals surface area contributed by atoms with E-state index in [1.54, 1.807) is 13.8 Å². The van der Waals surface area contributed by atoms with Crippen molar-refractivity contribution in [2.24, 2.45) is 23.1 Å². The summed E-state index contributed by atoms with van der Waals surface area (Å²) in [6.07, 6.45) is -0.998. The Labute approximate surface area is 322 Å². The third-order valence-corrected chi connectivity index (χ3v) is 8.73. The van der Waals surface area contributed by atoms with E-state index in [1.165, 1.54) is 31.2 Å².